The second kappa shape index (κ2) is 9.73. The van der Waals surface area contributed by atoms with Crippen LogP contribution in [0.1, 0.15) is 11.1 Å². The molecule has 30 heavy (non-hydrogen) atoms. The molecular weight excluding hydrogens is 396 g/mol. The van der Waals surface area contributed by atoms with Crippen molar-refractivity contribution in [2.24, 2.45) is 0 Å². The van der Waals surface area contributed by atoms with Crippen LogP contribution >= 0.6 is 12.2 Å². The molecule has 3 rings (SSSR count). The van der Waals surface area contributed by atoms with Crippen molar-refractivity contribution in [1.29, 1.82) is 0 Å². The molecule has 0 amide bonds. The van der Waals surface area contributed by atoms with Gasteiger partial charge < -0.3 is 24.8 Å². The average Bonchev–Trinajstić information content (AvgIpc) is 2.71. The van der Waals surface area contributed by atoms with Crippen LogP contribution in [0.3, 0.4) is 0 Å². The number of aromatic amines is 1. The molecule has 0 aliphatic rings. The Kier molecular flexibility index (Phi) is 7.07. The summed E-state index contributed by atoms with van der Waals surface area (Å²) in [4.78, 5) is 19.0. The number of para-hydroxylation sites is 2. The van der Waals surface area contributed by atoms with E-state index in [1.54, 1.807) is 7.11 Å². The van der Waals surface area contributed by atoms with Gasteiger partial charge in [-0.2, -0.15) is 0 Å². The number of hydrogen-bond donors (Lipinski definition) is 3. The molecule has 3 N–H and O–H groups in total. The second-order valence-electron chi connectivity index (χ2n) is 7.72. The van der Waals surface area contributed by atoms with Gasteiger partial charge in [-0.05, 0) is 54.9 Å². The molecule has 3 aromatic rings. The molecule has 0 fully saturated rings. The number of H-pyrrole nitrogens is 1. The number of pyridine rings is 1. The van der Waals surface area contributed by atoms with Gasteiger partial charge in [0.2, 0.25) is 0 Å². The number of nitrogens with one attached hydrogen (secondary N) is 3. The minimum Gasteiger partial charge on any atom is -0.495 e. The number of nitrogens with zero attached hydrogens (tertiary/aromatic N) is 1. The van der Waals surface area contributed by atoms with Crippen molar-refractivity contribution in [2.75, 3.05) is 39.6 Å². The Hall–Kier alpha value is -2.90. The van der Waals surface area contributed by atoms with E-state index in [0.29, 0.717) is 23.8 Å². The fourth-order valence-electron chi connectivity index (χ4n) is 3.25. The van der Waals surface area contributed by atoms with Gasteiger partial charge in [-0.1, -0.05) is 23.8 Å². The molecule has 158 valence electrons. The first-order chi connectivity index (χ1) is 14.4. The Morgan fingerprint density at radius 2 is 1.97 bits per heavy atom. The van der Waals surface area contributed by atoms with Crippen molar-refractivity contribution in [3.8, 4) is 5.75 Å². The van der Waals surface area contributed by atoms with E-state index >= 15 is 0 Å². The molecule has 0 saturated carbocycles. The monoisotopic (exact) mass is 425 g/mol. The Balaban J connectivity index is 1.88. The highest BCUT2D eigenvalue weighted by atomic mass is 32.1. The predicted octanol–water partition coefficient (Wildman–Crippen LogP) is 2.19. The van der Waals surface area contributed by atoms with Crippen molar-refractivity contribution in [3.63, 3.8) is 0 Å². The maximum Gasteiger partial charge on any atom is 0.253 e. The van der Waals surface area contributed by atoms with Gasteiger partial charge in [0.05, 0.1) is 46.5 Å². The lowest BCUT2D eigenvalue weighted by Crippen LogP contribution is -3.06. The third-order valence-corrected chi connectivity index (χ3v) is 5.32. The third kappa shape index (κ3) is 5.37. The lowest BCUT2D eigenvalue weighted by molar-refractivity contribution is -0.857. The molecule has 0 unspecified atom stereocenters. The number of anilines is 1. The quantitative estimate of drug-likeness (QED) is 0.507. The molecule has 6 nitrogen and oxygen atoms in total. The molecule has 7 heteroatoms. The van der Waals surface area contributed by atoms with E-state index < -0.39 is 0 Å². The molecule has 0 spiro atoms. The van der Waals surface area contributed by atoms with E-state index in [4.69, 9.17) is 17.0 Å². The maximum absolute atomic E-state index is 12.7. The van der Waals surface area contributed by atoms with Gasteiger partial charge in [0.1, 0.15) is 5.75 Å². The van der Waals surface area contributed by atoms with Crippen molar-refractivity contribution in [2.45, 2.75) is 13.5 Å². The van der Waals surface area contributed by atoms with E-state index in [-0.39, 0.29) is 5.56 Å². The molecule has 0 aliphatic heterocycles. The number of aromatic nitrogens is 1. The van der Waals surface area contributed by atoms with Crippen LogP contribution in [-0.4, -0.2) is 49.3 Å². The van der Waals surface area contributed by atoms with E-state index in [1.165, 1.54) is 4.90 Å². The molecule has 0 radical (unpaired) electrons. The minimum atomic E-state index is -0.0892. The highest BCUT2D eigenvalue weighted by molar-refractivity contribution is 7.80. The van der Waals surface area contributed by atoms with Crippen molar-refractivity contribution in [1.82, 2.24) is 9.88 Å². The van der Waals surface area contributed by atoms with Gasteiger partial charge in [-0.15, -0.1) is 0 Å². The standard InChI is InChI=1S/C23H28N4O2S/c1-16-9-10-19-17(13-16)14-18(22(28)24-19)15-27(12-11-26(2)3)23(30)25-20-7-5-6-8-21(20)29-4/h5-10,13-14H,11-12,15H2,1-4H3,(H,24,28)(H,25,30)/p+1. The number of ether oxygens (including phenoxy) is 1. The SMILES string of the molecule is COc1ccccc1NC(=S)N(CC[NH+](C)C)Cc1cc2cc(C)ccc2[nH]c1=O. The number of thiocarbonyl (C=S) groups is 1. The molecule has 2 aromatic carbocycles. The van der Waals surface area contributed by atoms with Gasteiger partial charge in [-0.25, -0.2) is 0 Å². The smallest absolute Gasteiger partial charge is 0.253 e. The summed E-state index contributed by atoms with van der Waals surface area (Å²) in [5, 5.41) is 4.86. The molecule has 1 heterocycles. The highest BCUT2D eigenvalue weighted by Crippen LogP contribution is 2.23. The maximum atomic E-state index is 12.7. The number of methoxy groups -OCH3 is 1. The van der Waals surface area contributed by atoms with Gasteiger partial charge in [0, 0.05) is 11.1 Å². The van der Waals surface area contributed by atoms with Crippen LogP contribution in [-0.2, 0) is 6.54 Å². The largest absolute Gasteiger partial charge is 0.495 e. The first-order valence-corrected chi connectivity index (χ1v) is 10.4. The van der Waals surface area contributed by atoms with E-state index in [0.717, 1.165) is 34.4 Å². The van der Waals surface area contributed by atoms with Crippen molar-refractivity contribution in [3.05, 3.63) is 70.0 Å². The fourth-order valence-corrected chi connectivity index (χ4v) is 3.51. The molecule has 0 aliphatic carbocycles. The molecule has 0 bridgehead atoms. The number of aryl methyl sites for hydroxylation is 1. The normalized spacial score (nSPS) is 11.0. The van der Waals surface area contributed by atoms with Crippen LogP contribution < -0.4 is 20.5 Å². The number of hydrogen-bond acceptors (Lipinski definition) is 3. The summed E-state index contributed by atoms with van der Waals surface area (Å²) in [5.41, 5.74) is 3.39. The van der Waals surface area contributed by atoms with Gasteiger partial charge in [0.15, 0.2) is 5.11 Å². The van der Waals surface area contributed by atoms with Crippen molar-refractivity contribution < 1.29 is 9.64 Å². The van der Waals surface area contributed by atoms with Crippen LogP contribution in [0.2, 0.25) is 0 Å². The van der Waals surface area contributed by atoms with E-state index in [2.05, 4.69) is 30.5 Å². The zero-order chi connectivity index (χ0) is 21.7. The highest BCUT2D eigenvalue weighted by Gasteiger charge is 2.16. The Morgan fingerprint density at radius 3 is 2.70 bits per heavy atom. The van der Waals surface area contributed by atoms with Crippen LogP contribution in [0.25, 0.3) is 10.9 Å². The number of benzene rings is 2. The van der Waals surface area contributed by atoms with E-state index in [1.807, 2.05) is 54.3 Å². The summed E-state index contributed by atoms with van der Waals surface area (Å²) < 4.78 is 5.42. The first kappa shape index (κ1) is 21.8. The van der Waals surface area contributed by atoms with Gasteiger partial charge >= 0.3 is 0 Å². The summed E-state index contributed by atoms with van der Waals surface area (Å²) in [6.45, 7) is 4.07. The molecular formula is C23H29N4O2S+. The summed E-state index contributed by atoms with van der Waals surface area (Å²) in [6, 6.07) is 15.6. The van der Waals surface area contributed by atoms with Gasteiger partial charge in [-0.3, -0.25) is 4.79 Å². The van der Waals surface area contributed by atoms with Crippen LogP contribution in [0.15, 0.2) is 53.3 Å². The predicted molar refractivity (Wildman–Crippen MR) is 127 cm³/mol. The lowest BCUT2D eigenvalue weighted by atomic mass is 10.1. The van der Waals surface area contributed by atoms with Crippen molar-refractivity contribution >= 4 is 33.9 Å². The zero-order valence-electron chi connectivity index (χ0n) is 17.9. The van der Waals surface area contributed by atoms with Gasteiger partial charge in [0.25, 0.3) is 5.56 Å². The minimum absolute atomic E-state index is 0.0892. The summed E-state index contributed by atoms with van der Waals surface area (Å²) in [6.07, 6.45) is 0. The molecule has 0 saturated heterocycles. The molecule has 0 atom stereocenters. The summed E-state index contributed by atoms with van der Waals surface area (Å²) in [5.74, 6) is 0.720. The Morgan fingerprint density at radius 1 is 1.20 bits per heavy atom. The topological polar surface area (TPSA) is 61.8 Å². The third-order valence-electron chi connectivity index (χ3n) is 4.96. The van der Waals surface area contributed by atoms with Crippen LogP contribution in [0, 0.1) is 6.92 Å². The zero-order valence-corrected chi connectivity index (χ0v) is 18.7. The number of fused-ring (bicyclic) bond motifs is 1. The fraction of sp³-hybridized carbons (Fsp3) is 0.304. The molecule has 1 aromatic heterocycles. The second-order valence-corrected chi connectivity index (χ2v) is 8.11. The summed E-state index contributed by atoms with van der Waals surface area (Å²) in [7, 11) is 5.83. The van der Waals surface area contributed by atoms with Crippen LogP contribution in [0.5, 0.6) is 5.75 Å². The number of likely N-dealkylation sites (N-methyl/N-ethyl adjacent to an activating group) is 1. The first-order valence-electron chi connectivity index (χ1n) is 9.98. The van der Waals surface area contributed by atoms with Crippen LogP contribution in [0.4, 0.5) is 5.69 Å². The lowest BCUT2D eigenvalue weighted by Gasteiger charge is -2.26. The van der Waals surface area contributed by atoms with E-state index in [9.17, 15) is 4.79 Å². The Bertz CT molecular complexity index is 1090. The number of rotatable bonds is 7. The Labute approximate surface area is 182 Å². The number of quaternary nitrogens is 1. The average molecular weight is 426 g/mol. The summed E-state index contributed by atoms with van der Waals surface area (Å²) >= 11 is 5.71.